The highest BCUT2D eigenvalue weighted by molar-refractivity contribution is 6.10. The number of carbonyl (C=O) groups is 1. The van der Waals surface area contributed by atoms with Gasteiger partial charge in [0.15, 0.2) is 0 Å². The molecule has 0 atom stereocenters. The fourth-order valence-corrected chi connectivity index (χ4v) is 3.05. The van der Waals surface area contributed by atoms with Crippen molar-refractivity contribution in [1.82, 2.24) is 9.55 Å². The largest absolute Gasteiger partial charge is 0.464 e. The lowest BCUT2D eigenvalue weighted by molar-refractivity contribution is -0.107. The zero-order valence-electron chi connectivity index (χ0n) is 14.3. The Balaban J connectivity index is 2.48. The van der Waals surface area contributed by atoms with Crippen LogP contribution in [0.3, 0.4) is 0 Å². The second-order valence-corrected chi connectivity index (χ2v) is 5.39. The molecule has 0 unspecified atom stereocenters. The molecule has 1 aromatic carbocycles. The summed E-state index contributed by atoms with van der Waals surface area (Å²) in [6, 6.07) is 9.53. The molecule has 0 saturated heterocycles. The number of carbonyl (C=O) groups excluding carboxylic acids is 1. The molecule has 25 heavy (non-hydrogen) atoms. The third-order valence-electron chi connectivity index (χ3n) is 4.07. The molecule has 0 aliphatic rings. The number of methoxy groups -OCH3 is 3. The number of hydrogen-bond acceptors (Lipinski definition) is 5. The summed E-state index contributed by atoms with van der Waals surface area (Å²) >= 11 is 0. The molecule has 128 valence electrons. The molecule has 3 rings (SSSR count). The minimum atomic E-state index is -0.743. The maximum atomic E-state index is 12.1. The molecule has 0 aliphatic carbocycles. The van der Waals surface area contributed by atoms with Crippen molar-refractivity contribution < 1.29 is 19.0 Å². The molecule has 2 heterocycles. The number of nitrogens with zero attached hydrogens (tertiary/aromatic N) is 2. The van der Waals surface area contributed by atoms with Gasteiger partial charge in [0.2, 0.25) is 6.29 Å². The molecule has 6 heteroatoms. The first-order chi connectivity index (χ1) is 12.2. The summed E-state index contributed by atoms with van der Waals surface area (Å²) in [4.78, 5) is 16.5. The Morgan fingerprint density at radius 2 is 1.96 bits per heavy atom. The van der Waals surface area contributed by atoms with Crippen molar-refractivity contribution in [1.29, 1.82) is 0 Å². The van der Waals surface area contributed by atoms with Gasteiger partial charge in [-0.2, -0.15) is 0 Å². The standard InChI is InChI=1S/C19H18N2O4/c1-5-10-21-15-9-7-6-8-12(15)13-11-14(18(22)23-2)20-16(17(13)21)19(24-3)25-4/h1,6-9,11,19H,10H2,2-4H3. The van der Waals surface area contributed by atoms with E-state index in [2.05, 4.69) is 10.9 Å². The van der Waals surface area contributed by atoms with Crippen molar-refractivity contribution in [2.75, 3.05) is 21.3 Å². The number of pyridine rings is 1. The lowest BCUT2D eigenvalue weighted by Gasteiger charge is -2.16. The molecular formula is C19H18N2O4. The van der Waals surface area contributed by atoms with E-state index >= 15 is 0 Å². The topological polar surface area (TPSA) is 62.6 Å². The van der Waals surface area contributed by atoms with Crippen molar-refractivity contribution in [2.45, 2.75) is 12.8 Å². The van der Waals surface area contributed by atoms with Crippen LogP contribution in [0.1, 0.15) is 22.5 Å². The molecule has 0 saturated carbocycles. The number of hydrogen-bond donors (Lipinski definition) is 0. The first-order valence-corrected chi connectivity index (χ1v) is 7.65. The van der Waals surface area contributed by atoms with Crippen LogP contribution in [0.4, 0.5) is 0 Å². The van der Waals surface area contributed by atoms with Gasteiger partial charge in [-0.05, 0) is 12.1 Å². The van der Waals surface area contributed by atoms with Gasteiger partial charge in [0.05, 0.1) is 24.7 Å². The Morgan fingerprint density at radius 3 is 2.60 bits per heavy atom. The maximum Gasteiger partial charge on any atom is 0.356 e. The fraction of sp³-hybridized carbons (Fsp3) is 0.263. The second-order valence-electron chi connectivity index (χ2n) is 5.39. The Kier molecular flexibility index (Phi) is 4.70. The van der Waals surface area contributed by atoms with Gasteiger partial charge < -0.3 is 18.8 Å². The van der Waals surface area contributed by atoms with Gasteiger partial charge in [-0.1, -0.05) is 24.1 Å². The Morgan fingerprint density at radius 1 is 1.24 bits per heavy atom. The zero-order chi connectivity index (χ0) is 18.0. The molecule has 0 radical (unpaired) electrons. The Hall–Kier alpha value is -2.88. The predicted octanol–water partition coefficient (Wildman–Crippen LogP) is 2.90. The highest BCUT2D eigenvalue weighted by Crippen LogP contribution is 2.34. The molecule has 0 aliphatic heterocycles. The lowest BCUT2D eigenvalue weighted by atomic mass is 10.1. The van der Waals surface area contributed by atoms with Crippen LogP contribution in [0, 0.1) is 12.3 Å². The van der Waals surface area contributed by atoms with E-state index in [0.717, 1.165) is 21.8 Å². The number of fused-ring (bicyclic) bond motifs is 3. The molecule has 0 spiro atoms. The van der Waals surface area contributed by atoms with Crippen LogP contribution in [-0.2, 0) is 20.8 Å². The summed E-state index contributed by atoms with van der Waals surface area (Å²) in [6.07, 6.45) is 4.82. The smallest absolute Gasteiger partial charge is 0.356 e. The van der Waals surface area contributed by atoms with E-state index < -0.39 is 12.3 Å². The van der Waals surface area contributed by atoms with Crippen LogP contribution in [0.2, 0.25) is 0 Å². The number of rotatable bonds is 5. The number of aromatic nitrogens is 2. The molecule has 0 fully saturated rings. The normalized spacial score (nSPS) is 11.2. The van der Waals surface area contributed by atoms with Crippen LogP contribution < -0.4 is 0 Å². The number of benzene rings is 1. The van der Waals surface area contributed by atoms with Crippen LogP contribution in [0.5, 0.6) is 0 Å². The molecular weight excluding hydrogens is 320 g/mol. The van der Waals surface area contributed by atoms with Gasteiger partial charge in [-0.25, -0.2) is 9.78 Å². The van der Waals surface area contributed by atoms with Gasteiger partial charge in [-0.3, -0.25) is 0 Å². The van der Waals surface area contributed by atoms with Gasteiger partial charge in [0.25, 0.3) is 0 Å². The number of esters is 1. The highest BCUT2D eigenvalue weighted by atomic mass is 16.7. The van der Waals surface area contributed by atoms with Gasteiger partial charge in [0.1, 0.15) is 11.4 Å². The predicted molar refractivity (Wildman–Crippen MR) is 94.2 cm³/mol. The molecule has 0 N–H and O–H groups in total. The van der Waals surface area contributed by atoms with Gasteiger partial charge in [-0.15, -0.1) is 6.42 Å². The van der Waals surface area contributed by atoms with E-state index in [0.29, 0.717) is 12.2 Å². The fourth-order valence-electron chi connectivity index (χ4n) is 3.05. The van der Waals surface area contributed by atoms with Crippen LogP contribution in [0.25, 0.3) is 21.8 Å². The molecule has 6 nitrogen and oxygen atoms in total. The zero-order valence-corrected chi connectivity index (χ0v) is 14.3. The average molecular weight is 338 g/mol. The van der Waals surface area contributed by atoms with Crippen molar-refractivity contribution in [3.05, 3.63) is 41.7 Å². The number of terminal acetylenes is 1. The minimum absolute atomic E-state index is 0.188. The summed E-state index contributed by atoms with van der Waals surface area (Å²) in [6.45, 7) is 0.358. The van der Waals surface area contributed by atoms with Crippen molar-refractivity contribution in [3.8, 4) is 12.3 Å². The summed E-state index contributed by atoms with van der Waals surface area (Å²) in [7, 11) is 4.35. The van der Waals surface area contributed by atoms with Crippen LogP contribution >= 0.6 is 0 Å². The van der Waals surface area contributed by atoms with Crippen molar-refractivity contribution in [3.63, 3.8) is 0 Å². The van der Waals surface area contributed by atoms with E-state index in [1.165, 1.54) is 21.3 Å². The highest BCUT2D eigenvalue weighted by Gasteiger charge is 2.24. The van der Waals surface area contributed by atoms with E-state index in [9.17, 15) is 4.79 Å². The first kappa shape index (κ1) is 17.0. The summed E-state index contributed by atoms with van der Waals surface area (Å²) in [5.41, 5.74) is 2.40. The van der Waals surface area contributed by atoms with Gasteiger partial charge in [0, 0.05) is 25.0 Å². The number of para-hydroxylation sites is 1. The maximum absolute atomic E-state index is 12.1. The molecule has 2 aromatic heterocycles. The van der Waals surface area contributed by atoms with Crippen LogP contribution in [0.15, 0.2) is 30.3 Å². The molecule has 0 amide bonds. The summed E-state index contributed by atoms with van der Waals surface area (Å²) in [5.74, 6) is 2.14. The summed E-state index contributed by atoms with van der Waals surface area (Å²) in [5, 5.41) is 1.81. The SMILES string of the molecule is C#CCn1c2ccccc2c2cc(C(=O)OC)nc(C(OC)OC)c21. The Bertz CT molecular complexity index is 980. The third-order valence-corrected chi connectivity index (χ3v) is 4.07. The quantitative estimate of drug-likeness (QED) is 0.407. The van der Waals surface area contributed by atoms with Crippen LogP contribution in [-0.4, -0.2) is 36.8 Å². The van der Waals surface area contributed by atoms with Crippen molar-refractivity contribution in [2.24, 2.45) is 0 Å². The minimum Gasteiger partial charge on any atom is -0.464 e. The lowest BCUT2D eigenvalue weighted by Crippen LogP contribution is -2.13. The van der Waals surface area contributed by atoms with E-state index in [-0.39, 0.29) is 5.69 Å². The van der Waals surface area contributed by atoms with Crippen molar-refractivity contribution >= 4 is 27.8 Å². The molecule has 3 aromatic rings. The first-order valence-electron chi connectivity index (χ1n) is 7.65. The van der Waals surface area contributed by atoms with E-state index in [1.807, 2.05) is 28.8 Å². The Labute approximate surface area is 145 Å². The monoisotopic (exact) mass is 338 g/mol. The van der Waals surface area contributed by atoms with E-state index in [4.69, 9.17) is 20.6 Å². The number of ether oxygens (including phenoxy) is 3. The average Bonchev–Trinajstić information content (AvgIpc) is 2.96. The van der Waals surface area contributed by atoms with Gasteiger partial charge >= 0.3 is 5.97 Å². The van der Waals surface area contributed by atoms with E-state index in [1.54, 1.807) is 6.07 Å². The second kappa shape index (κ2) is 6.93. The molecule has 0 bridgehead atoms. The third kappa shape index (κ3) is 2.74. The summed E-state index contributed by atoms with van der Waals surface area (Å²) < 4.78 is 17.6.